The van der Waals surface area contributed by atoms with Gasteiger partial charge in [-0.2, -0.15) is 0 Å². The van der Waals surface area contributed by atoms with Crippen LogP contribution in [0.5, 0.6) is 5.75 Å². The summed E-state index contributed by atoms with van der Waals surface area (Å²) in [7, 11) is 0. The Morgan fingerprint density at radius 2 is 2.17 bits per heavy atom. The highest BCUT2D eigenvalue weighted by atomic mass is 35.5. The molecule has 0 radical (unpaired) electrons. The molecule has 2 heterocycles. The van der Waals surface area contributed by atoms with Gasteiger partial charge in [-0.15, -0.1) is 12.4 Å². The van der Waals surface area contributed by atoms with Crippen molar-refractivity contribution in [2.45, 2.75) is 25.3 Å². The number of nitrogens with zero attached hydrogens (tertiary/aromatic N) is 1. The second kappa shape index (κ2) is 7.42. The Labute approximate surface area is 144 Å². The molecule has 0 bridgehead atoms. The molecule has 1 aliphatic rings. The summed E-state index contributed by atoms with van der Waals surface area (Å²) in [6.45, 7) is 0.899. The zero-order chi connectivity index (χ0) is 15.7. The van der Waals surface area contributed by atoms with Gasteiger partial charge in [0.05, 0.1) is 6.04 Å². The minimum atomic E-state index is -0.658. The van der Waals surface area contributed by atoms with E-state index >= 15 is 0 Å². The molecule has 0 amide bonds. The lowest BCUT2D eigenvalue weighted by atomic mass is 10.0. The summed E-state index contributed by atoms with van der Waals surface area (Å²) in [5.74, 6) is -1.11. The van der Waals surface area contributed by atoms with Gasteiger partial charge in [0.2, 0.25) is 0 Å². The standard InChI is InChI=1S/C15H17F2N3OS.ClH/c16-10-4-9-5-12(8-21-14(9)13(17)6-10)20-11(2-1-3-18)7-19-15(20)22;/h4,6-7,12H,1-3,5,8,18H2,(H,19,22);1H/t12-;/m0./s1. The van der Waals surface area contributed by atoms with Gasteiger partial charge in [0.1, 0.15) is 12.4 Å². The van der Waals surface area contributed by atoms with Gasteiger partial charge >= 0.3 is 0 Å². The number of halogens is 3. The van der Waals surface area contributed by atoms with E-state index in [9.17, 15) is 8.78 Å². The SMILES string of the molecule is Cl.NCCCc1c[nH]c(=S)n1[C@@H]1COc2c(F)cc(F)cc2C1. The van der Waals surface area contributed by atoms with E-state index in [-0.39, 0.29) is 24.2 Å². The van der Waals surface area contributed by atoms with E-state index in [0.717, 1.165) is 24.6 Å². The predicted molar refractivity (Wildman–Crippen MR) is 88.8 cm³/mol. The van der Waals surface area contributed by atoms with Crippen molar-refractivity contribution in [1.82, 2.24) is 9.55 Å². The van der Waals surface area contributed by atoms with E-state index in [1.807, 2.05) is 10.8 Å². The van der Waals surface area contributed by atoms with Crippen LogP contribution in [-0.4, -0.2) is 22.7 Å². The molecule has 0 fully saturated rings. The highest BCUT2D eigenvalue weighted by Crippen LogP contribution is 2.33. The van der Waals surface area contributed by atoms with Crippen molar-refractivity contribution in [2.75, 3.05) is 13.2 Å². The van der Waals surface area contributed by atoms with Crippen LogP contribution < -0.4 is 10.5 Å². The molecule has 0 aliphatic carbocycles. The number of hydrogen-bond acceptors (Lipinski definition) is 3. The molecule has 3 rings (SSSR count). The summed E-state index contributed by atoms with van der Waals surface area (Å²) in [5.41, 5.74) is 7.12. The molecule has 126 valence electrons. The number of hydrogen-bond donors (Lipinski definition) is 2. The topological polar surface area (TPSA) is 56.0 Å². The molecule has 23 heavy (non-hydrogen) atoms. The third-order valence-electron chi connectivity index (χ3n) is 3.85. The van der Waals surface area contributed by atoms with Crippen molar-refractivity contribution in [1.29, 1.82) is 0 Å². The van der Waals surface area contributed by atoms with Crippen molar-refractivity contribution in [3.8, 4) is 5.75 Å². The van der Waals surface area contributed by atoms with Crippen molar-refractivity contribution in [3.05, 3.63) is 46.0 Å². The summed E-state index contributed by atoms with van der Waals surface area (Å²) in [6.07, 6.45) is 3.98. The Morgan fingerprint density at radius 1 is 1.39 bits per heavy atom. The maximum absolute atomic E-state index is 13.7. The van der Waals surface area contributed by atoms with Crippen LogP contribution in [0.1, 0.15) is 23.7 Å². The van der Waals surface area contributed by atoms with Crippen LogP contribution in [0.3, 0.4) is 0 Å². The van der Waals surface area contributed by atoms with Crippen LogP contribution in [0.2, 0.25) is 0 Å². The number of H-pyrrole nitrogens is 1. The van der Waals surface area contributed by atoms with E-state index in [1.165, 1.54) is 6.07 Å². The fraction of sp³-hybridized carbons (Fsp3) is 0.400. The van der Waals surface area contributed by atoms with Crippen molar-refractivity contribution in [3.63, 3.8) is 0 Å². The van der Waals surface area contributed by atoms with Gasteiger partial charge in [-0.3, -0.25) is 0 Å². The lowest BCUT2D eigenvalue weighted by Gasteiger charge is -2.28. The van der Waals surface area contributed by atoms with Crippen molar-refractivity contribution in [2.24, 2.45) is 5.73 Å². The summed E-state index contributed by atoms with van der Waals surface area (Å²) in [5, 5.41) is 0. The minimum Gasteiger partial charge on any atom is -0.488 e. The quantitative estimate of drug-likeness (QED) is 0.821. The fourth-order valence-electron chi connectivity index (χ4n) is 2.88. The van der Waals surface area contributed by atoms with Crippen LogP contribution in [0, 0.1) is 16.4 Å². The molecular weight excluding hydrogens is 344 g/mol. The zero-order valence-electron chi connectivity index (χ0n) is 12.4. The van der Waals surface area contributed by atoms with E-state index in [2.05, 4.69) is 4.98 Å². The van der Waals surface area contributed by atoms with Gasteiger partial charge in [0, 0.05) is 29.9 Å². The maximum atomic E-state index is 13.7. The number of imidazole rings is 1. The average molecular weight is 362 g/mol. The van der Waals surface area contributed by atoms with Crippen LogP contribution in [0.4, 0.5) is 8.78 Å². The number of benzene rings is 1. The molecule has 1 aromatic carbocycles. The first-order valence-corrected chi connectivity index (χ1v) is 7.60. The molecule has 0 saturated heterocycles. The Hall–Kier alpha value is -1.44. The third-order valence-corrected chi connectivity index (χ3v) is 4.17. The van der Waals surface area contributed by atoms with E-state index < -0.39 is 11.6 Å². The summed E-state index contributed by atoms with van der Waals surface area (Å²) in [4.78, 5) is 3.02. The number of aromatic amines is 1. The lowest BCUT2D eigenvalue weighted by molar-refractivity contribution is 0.210. The number of fused-ring (bicyclic) bond motifs is 1. The Kier molecular flexibility index (Phi) is 5.78. The average Bonchev–Trinajstić information content (AvgIpc) is 2.85. The molecule has 1 aromatic heterocycles. The summed E-state index contributed by atoms with van der Waals surface area (Å²) >= 11 is 5.33. The number of nitrogens with one attached hydrogen (secondary N) is 1. The lowest BCUT2D eigenvalue weighted by Crippen LogP contribution is -2.26. The number of aryl methyl sites for hydroxylation is 1. The first kappa shape index (κ1) is 17.9. The molecule has 2 aromatic rings. The normalized spacial score (nSPS) is 16.4. The molecule has 0 spiro atoms. The molecule has 1 aliphatic heterocycles. The third kappa shape index (κ3) is 3.57. The monoisotopic (exact) mass is 361 g/mol. The summed E-state index contributed by atoms with van der Waals surface area (Å²) < 4.78 is 35.2. The van der Waals surface area contributed by atoms with Gasteiger partial charge in [-0.05, 0) is 37.7 Å². The van der Waals surface area contributed by atoms with Gasteiger partial charge < -0.3 is 20.0 Å². The Balaban J connectivity index is 0.00000192. The van der Waals surface area contributed by atoms with Crippen LogP contribution in [0.25, 0.3) is 0 Å². The van der Waals surface area contributed by atoms with Gasteiger partial charge in [-0.1, -0.05) is 0 Å². The first-order chi connectivity index (χ1) is 10.6. The zero-order valence-corrected chi connectivity index (χ0v) is 14.0. The van der Waals surface area contributed by atoms with Crippen LogP contribution in [0.15, 0.2) is 18.3 Å². The fourth-order valence-corrected chi connectivity index (χ4v) is 3.20. The first-order valence-electron chi connectivity index (χ1n) is 7.19. The largest absolute Gasteiger partial charge is 0.488 e. The number of ether oxygens (including phenoxy) is 1. The maximum Gasteiger partial charge on any atom is 0.177 e. The van der Waals surface area contributed by atoms with Crippen molar-refractivity contribution >= 4 is 24.6 Å². The van der Waals surface area contributed by atoms with E-state index in [0.29, 0.717) is 29.9 Å². The molecule has 1 atom stereocenters. The number of nitrogens with two attached hydrogens (primary N) is 1. The molecule has 8 heteroatoms. The Morgan fingerprint density at radius 3 is 2.91 bits per heavy atom. The van der Waals surface area contributed by atoms with E-state index in [4.69, 9.17) is 22.7 Å². The highest BCUT2D eigenvalue weighted by Gasteiger charge is 2.26. The van der Waals surface area contributed by atoms with Gasteiger partial charge in [-0.25, -0.2) is 8.78 Å². The molecule has 3 N–H and O–H groups in total. The van der Waals surface area contributed by atoms with Gasteiger partial charge in [0.25, 0.3) is 0 Å². The van der Waals surface area contributed by atoms with E-state index in [1.54, 1.807) is 0 Å². The highest BCUT2D eigenvalue weighted by molar-refractivity contribution is 7.71. The second-order valence-electron chi connectivity index (χ2n) is 5.39. The summed E-state index contributed by atoms with van der Waals surface area (Å²) in [6, 6.07) is 2.08. The minimum absolute atomic E-state index is 0. The number of rotatable bonds is 4. The van der Waals surface area contributed by atoms with Gasteiger partial charge in [0.15, 0.2) is 16.3 Å². The Bertz CT molecular complexity index is 747. The number of aromatic nitrogens is 2. The van der Waals surface area contributed by atoms with Crippen LogP contribution >= 0.6 is 24.6 Å². The predicted octanol–water partition coefficient (Wildman–Crippen LogP) is 3.31. The molecule has 0 saturated carbocycles. The smallest absolute Gasteiger partial charge is 0.177 e. The second-order valence-corrected chi connectivity index (χ2v) is 5.78. The molecular formula is C15H18ClF2N3OS. The van der Waals surface area contributed by atoms with Crippen molar-refractivity contribution < 1.29 is 13.5 Å². The molecule has 4 nitrogen and oxygen atoms in total. The van der Waals surface area contributed by atoms with Crippen LogP contribution in [-0.2, 0) is 12.8 Å². The molecule has 0 unspecified atom stereocenters.